The molecule has 2 aromatic rings. The first-order valence-electron chi connectivity index (χ1n) is 4.97. The molecule has 0 spiro atoms. The quantitative estimate of drug-likeness (QED) is 0.327. The zero-order valence-electron chi connectivity index (χ0n) is 12.5. The van der Waals surface area contributed by atoms with Crippen LogP contribution in [-0.2, 0) is 239 Å². The van der Waals surface area contributed by atoms with Gasteiger partial charge < -0.3 is 0 Å². The first-order valence-corrected chi connectivity index (χ1v) is 6.46. The number of sulfone groups is 1. The Morgan fingerprint density at radius 1 is 0.565 bits per heavy atom. The van der Waals surface area contributed by atoms with Crippen LogP contribution in [0.2, 0.25) is 0 Å². The molecule has 0 atom stereocenters. The Morgan fingerprint density at radius 2 is 0.870 bits per heavy atom. The van der Waals surface area contributed by atoms with E-state index in [1.54, 1.807) is 24.3 Å². The standard InChI is InChI=1S/C13H9O2S.7Y/c14-16(15)12-7-3-1-5-10(12)9-11-6-2-4-8-13(11)16;;;;;;;/h1-9H;;;;;;;/q-1;;;;;;;. The van der Waals surface area contributed by atoms with Crippen molar-refractivity contribution in [3.05, 3.63) is 66.1 Å². The third-order valence-corrected chi connectivity index (χ3v) is 4.63. The van der Waals surface area contributed by atoms with Crippen molar-refractivity contribution in [1.82, 2.24) is 0 Å². The average Bonchev–Trinajstić information content (AvgIpc) is 2.29. The Hall–Kier alpha value is 5.99. The molecule has 1 heterocycles. The zero-order chi connectivity index (χ0) is 11.2. The third-order valence-electron chi connectivity index (χ3n) is 2.73. The van der Waals surface area contributed by atoms with E-state index in [9.17, 15) is 8.42 Å². The van der Waals surface area contributed by atoms with E-state index in [-0.39, 0.29) is 229 Å². The van der Waals surface area contributed by atoms with Crippen molar-refractivity contribution in [2.75, 3.05) is 0 Å². The number of hydrogen-bond acceptors (Lipinski definition) is 2. The fourth-order valence-corrected chi connectivity index (χ4v) is 3.60. The van der Waals surface area contributed by atoms with Crippen LogP contribution in [0.5, 0.6) is 0 Å². The Kier molecular flexibility index (Phi) is 32.1. The Bertz CT molecular complexity index is 626. The van der Waals surface area contributed by atoms with Gasteiger partial charge in [0.05, 0.1) is 0 Å². The van der Waals surface area contributed by atoms with Gasteiger partial charge in [-0.25, -0.2) is 8.42 Å². The normalized spacial score (nSPS) is 11.0. The molecule has 1 aliphatic rings. The van der Waals surface area contributed by atoms with Gasteiger partial charge in [0.15, 0.2) is 9.84 Å². The minimum Gasteiger partial charge on any atom is -0.234 e. The summed E-state index contributed by atoms with van der Waals surface area (Å²) in [6.07, 6.45) is 1.91. The molecule has 0 saturated carbocycles. The molecule has 0 amide bonds. The fourth-order valence-electron chi connectivity index (χ4n) is 1.97. The molecule has 0 fully saturated rings. The molecule has 0 N–H and O–H groups in total. The molecular formula is C13H9O2SY7-. The van der Waals surface area contributed by atoms with E-state index in [0.717, 1.165) is 11.1 Å². The summed E-state index contributed by atoms with van der Waals surface area (Å²) < 4.78 is 24.6. The second-order valence-corrected chi connectivity index (χ2v) is 5.61. The first kappa shape index (κ1) is 39.5. The van der Waals surface area contributed by atoms with Crippen LogP contribution in [-0.4, -0.2) is 8.42 Å². The minimum absolute atomic E-state index is 0. The summed E-state index contributed by atoms with van der Waals surface area (Å²) in [5, 5.41) is 0. The number of fused-ring (bicyclic) bond motifs is 2. The Morgan fingerprint density at radius 3 is 1.22 bits per heavy atom. The van der Waals surface area contributed by atoms with Crippen molar-refractivity contribution >= 4 is 9.84 Å². The monoisotopic (exact) mass is 851 g/mol. The molecule has 1 aliphatic heterocycles. The van der Waals surface area contributed by atoms with Crippen molar-refractivity contribution in [3.63, 3.8) is 0 Å². The number of benzene rings is 2. The summed E-state index contributed by atoms with van der Waals surface area (Å²) in [5.41, 5.74) is 1.53. The van der Waals surface area contributed by atoms with E-state index in [0.29, 0.717) is 9.79 Å². The molecule has 10 heteroatoms. The Balaban J connectivity index is -0.000000154. The molecule has 0 aliphatic carbocycles. The minimum atomic E-state index is -3.33. The number of hydrogen-bond donors (Lipinski definition) is 0. The average molecular weight is 852 g/mol. The Labute approximate surface area is 314 Å². The third kappa shape index (κ3) is 9.77. The van der Waals surface area contributed by atoms with E-state index >= 15 is 0 Å². The summed E-state index contributed by atoms with van der Waals surface area (Å²) >= 11 is 0. The SMILES string of the molecule is O=S1(=O)c2ccccc2[CH-]c2ccccc21.[Y].[Y].[Y].[Y].[Y].[Y].[Y]. The first-order chi connectivity index (χ1) is 7.69. The summed E-state index contributed by atoms with van der Waals surface area (Å²) in [7, 11) is -3.33. The van der Waals surface area contributed by atoms with E-state index < -0.39 is 9.84 Å². The summed E-state index contributed by atoms with van der Waals surface area (Å²) in [5.74, 6) is 0. The maximum atomic E-state index is 12.3. The molecule has 7 radical (unpaired) electrons. The van der Waals surface area contributed by atoms with Gasteiger partial charge in [0.25, 0.3) is 0 Å². The van der Waals surface area contributed by atoms with Gasteiger partial charge in [-0.15, -0.1) is 29.7 Å². The van der Waals surface area contributed by atoms with Crippen LogP contribution in [0.25, 0.3) is 0 Å². The van der Waals surface area contributed by atoms with Crippen molar-refractivity contribution in [2.24, 2.45) is 0 Å². The maximum absolute atomic E-state index is 12.3. The van der Waals surface area contributed by atoms with Crippen molar-refractivity contribution < 1.29 is 237 Å². The second kappa shape index (κ2) is 18.7. The summed E-state index contributed by atoms with van der Waals surface area (Å²) in [6.45, 7) is 0. The largest absolute Gasteiger partial charge is 0.234 e. The van der Waals surface area contributed by atoms with Crippen LogP contribution in [0.15, 0.2) is 58.3 Å². The summed E-state index contributed by atoms with van der Waals surface area (Å²) in [4.78, 5) is 0.794. The fraction of sp³-hybridized carbons (Fsp3) is 0. The van der Waals surface area contributed by atoms with Gasteiger partial charge >= 0.3 is 0 Å². The van der Waals surface area contributed by atoms with E-state index in [1.807, 2.05) is 30.7 Å². The van der Waals surface area contributed by atoms with Gasteiger partial charge in [-0.3, -0.25) is 0 Å². The molecule has 0 aromatic heterocycles. The van der Waals surface area contributed by atoms with Crippen molar-refractivity contribution in [1.29, 1.82) is 0 Å². The molecule has 2 nitrogen and oxygen atoms in total. The predicted molar refractivity (Wildman–Crippen MR) is 60.8 cm³/mol. The van der Waals surface area contributed by atoms with Crippen LogP contribution >= 0.6 is 0 Å². The smallest absolute Gasteiger partial charge is 0.152 e. The van der Waals surface area contributed by atoms with Crippen LogP contribution < -0.4 is 0 Å². The van der Waals surface area contributed by atoms with Gasteiger partial charge in [-0.1, -0.05) is 36.4 Å². The number of rotatable bonds is 0. The van der Waals surface area contributed by atoms with Gasteiger partial charge in [-0.2, -0.15) is 0 Å². The molecule has 2 aromatic carbocycles. The second-order valence-electron chi connectivity index (χ2n) is 3.72. The van der Waals surface area contributed by atoms with Crippen LogP contribution in [0, 0.1) is 6.42 Å². The summed E-state index contributed by atoms with van der Waals surface area (Å²) in [6, 6.07) is 14.1. The van der Waals surface area contributed by atoms with E-state index in [1.165, 1.54) is 0 Å². The van der Waals surface area contributed by atoms with Gasteiger partial charge in [0.2, 0.25) is 0 Å². The van der Waals surface area contributed by atoms with Crippen molar-refractivity contribution in [3.8, 4) is 0 Å². The van der Waals surface area contributed by atoms with Crippen LogP contribution in [0.3, 0.4) is 0 Å². The topological polar surface area (TPSA) is 34.1 Å². The maximum Gasteiger partial charge on any atom is 0.152 e. The van der Waals surface area contributed by atoms with Gasteiger partial charge in [-0.05, 0) is 0 Å². The molecular weight excluding hydrogens is 843 g/mol. The predicted octanol–water partition coefficient (Wildman–Crippen LogP) is 2.42. The molecule has 0 unspecified atom stereocenters. The zero-order valence-corrected chi connectivity index (χ0v) is 33.1. The molecule has 3 rings (SSSR count). The van der Waals surface area contributed by atoms with E-state index in [2.05, 4.69) is 0 Å². The van der Waals surface area contributed by atoms with Gasteiger partial charge in [0, 0.05) is 239 Å². The van der Waals surface area contributed by atoms with Crippen molar-refractivity contribution in [2.45, 2.75) is 9.79 Å². The molecule has 0 bridgehead atoms. The van der Waals surface area contributed by atoms with Crippen LogP contribution in [0.4, 0.5) is 0 Å². The molecule has 23 heavy (non-hydrogen) atoms. The molecule has 0 saturated heterocycles. The molecule has 101 valence electrons. The van der Waals surface area contributed by atoms with Crippen LogP contribution in [0.1, 0.15) is 11.1 Å². The van der Waals surface area contributed by atoms with Gasteiger partial charge in [0.1, 0.15) is 0 Å². The van der Waals surface area contributed by atoms with E-state index in [4.69, 9.17) is 0 Å².